The number of primary amides is 1. The number of benzene rings is 1. The van der Waals surface area contributed by atoms with Crippen molar-refractivity contribution in [2.75, 3.05) is 0 Å². The van der Waals surface area contributed by atoms with Crippen LogP contribution in [0.2, 0.25) is 0 Å². The maximum atomic E-state index is 9.22. The van der Waals surface area contributed by atoms with E-state index >= 15 is 0 Å². The van der Waals surface area contributed by atoms with E-state index in [4.69, 9.17) is 5.73 Å². The number of carbonyl (C=O) groups is 1. The van der Waals surface area contributed by atoms with Crippen LogP contribution in [0.5, 0.6) is 0 Å². The summed E-state index contributed by atoms with van der Waals surface area (Å²) in [6.07, 6.45) is 2.13. The number of hydrogen-bond donors (Lipinski definition) is 2. The fourth-order valence-electron chi connectivity index (χ4n) is 1.59. The molecule has 0 spiro atoms. The molecule has 3 heteroatoms. The predicted octanol–water partition coefficient (Wildman–Crippen LogP) is 0.604. The minimum atomic E-state index is -0.333. The highest BCUT2D eigenvalue weighted by Crippen LogP contribution is 2.19. The first-order valence-corrected chi connectivity index (χ1v) is 4.68. The smallest absolute Gasteiger partial charge is 0.214 e. The van der Waals surface area contributed by atoms with Crippen molar-refractivity contribution in [1.29, 1.82) is 0 Å². The Morgan fingerprint density at radius 2 is 1.64 bits per heavy atom. The predicted molar refractivity (Wildman–Crippen MR) is 56.7 cm³/mol. The summed E-state index contributed by atoms with van der Waals surface area (Å²) in [5.41, 5.74) is 13.1. The normalized spacial score (nSPS) is 14.1. The van der Waals surface area contributed by atoms with Gasteiger partial charge in [0, 0.05) is 13.0 Å². The van der Waals surface area contributed by atoms with Crippen molar-refractivity contribution in [2.24, 2.45) is 11.5 Å². The van der Waals surface area contributed by atoms with E-state index in [1.54, 1.807) is 0 Å². The second-order valence-corrected chi connectivity index (χ2v) is 3.55. The van der Waals surface area contributed by atoms with Crippen molar-refractivity contribution in [3.8, 4) is 0 Å². The van der Waals surface area contributed by atoms with Crippen LogP contribution in [0.15, 0.2) is 24.3 Å². The second-order valence-electron chi connectivity index (χ2n) is 3.55. The van der Waals surface area contributed by atoms with Crippen molar-refractivity contribution < 1.29 is 4.79 Å². The van der Waals surface area contributed by atoms with Gasteiger partial charge in [0.2, 0.25) is 5.91 Å². The van der Waals surface area contributed by atoms with Gasteiger partial charge < -0.3 is 11.5 Å². The minimum absolute atomic E-state index is 0.333. The molecule has 0 aromatic heterocycles. The van der Waals surface area contributed by atoms with E-state index in [-0.39, 0.29) is 5.91 Å². The lowest BCUT2D eigenvalue weighted by Crippen LogP contribution is -2.18. The number of rotatable bonds is 0. The summed E-state index contributed by atoms with van der Waals surface area (Å²) >= 11 is 0. The molecule has 1 aliphatic rings. The quantitative estimate of drug-likeness (QED) is 0.632. The Bertz CT molecular complexity index is 294. The van der Waals surface area contributed by atoms with Crippen molar-refractivity contribution in [3.63, 3.8) is 0 Å². The van der Waals surface area contributed by atoms with E-state index in [9.17, 15) is 4.79 Å². The molecule has 0 radical (unpaired) electrons. The van der Waals surface area contributed by atoms with Gasteiger partial charge in [-0.2, -0.15) is 0 Å². The molecule has 0 bridgehead atoms. The zero-order valence-corrected chi connectivity index (χ0v) is 8.36. The molecular weight excluding hydrogens is 176 g/mol. The van der Waals surface area contributed by atoms with Gasteiger partial charge in [-0.05, 0) is 24.0 Å². The lowest BCUT2D eigenvalue weighted by molar-refractivity contribution is -0.115. The van der Waals surface area contributed by atoms with E-state index in [0.29, 0.717) is 6.04 Å². The number of fused-ring (bicyclic) bond motifs is 1. The fourth-order valence-corrected chi connectivity index (χ4v) is 1.59. The Labute approximate surface area is 84.1 Å². The zero-order valence-electron chi connectivity index (χ0n) is 8.36. The van der Waals surface area contributed by atoms with Crippen LogP contribution in [0.4, 0.5) is 0 Å². The molecular formula is C11H16N2O. The number of amides is 1. The Kier molecular flexibility index (Phi) is 3.65. The van der Waals surface area contributed by atoms with Gasteiger partial charge in [0.05, 0.1) is 0 Å². The summed E-state index contributed by atoms with van der Waals surface area (Å²) < 4.78 is 0. The molecule has 4 N–H and O–H groups in total. The van der Waals surface area contributed by atoms with Gasteiger partial charge in [-0.1, -0.05) is 24.3 Å². The van der Waals surface area contributed by atoms with E-state index in [0.717, 1.165) is 12.8 Å². The van der Waals surface area contributed by atoms with Crippen molar-refractivity contribution in [2.45, 2.75) is 25.8 Å². The molecule has 1 amide bonds. The van der Waals surface area contributed by atoms with E-state index in [1.807, 2.05) is 0 Å². The second kappa shape index (κ2) is 4.77. The van der Waals surface area contributed by atoms with Crippen LogP contribution in [0, 0.1) is 0 Å². The summed E-state index contributed by atoms with van der Waals surface area (Å²) in [6.45, 7) is 1.31. The third-order valence-corrected chi connectivity index (χ3v) is 2.08. The van der Waals surface area contributed by atoms with E-state index < -0.39 is 0 Å². The Morgan fingerprint density at radius 3 is 2.00 bits per heavy atom. The molecule has 1 aromatic rings. The molecule has 0 fully saturated rings. The van der Waals surface area contributed by atoms with Crippen LogP contribution in [-0.2, 0) is 17.6 Å². The third-order valence-electron chi connectivity index (χ3n) is 2.08. The highest BCUT2D eigenvalue weighted by atomic mass is 16.1. The highest BCUT2D eigenvalue weighted by Gasteiger charge is 2.15. The minimum Gasteiger partial charge on any atom is -0.370 e. The van der Waals surface area contributed by atoms with Gasteiger partial charge in [-0.3, -0.25) is 4.79 Å². The van der Waals surface area contributed by atoms with Crippen LogP contribution in [-0.4, -0.2) is 11.9 Å². The molecule has 76 valence electrons. The molecule has 1 aliphatic carbocycles. The molecule has 1 aromatic carbocycles. The maximum Gasteiger partial charge on any atom is 0.214 e. The molecule has 0 saturated carbocycles. The average molecular weight is 192 g/mol. The lowest BCUT2D eigenvalue weighted by atomic mass is 10.1. The summed E-state index contributed by atoms with van der Waals surface area (Å²) in [5, 5.41) is 0. The number of hydrogen-bond acceptors (Lipinski definition) is 2. The van der Waals surface area contributed by atoms with Gasteiger partial charge >= 0.3 is 0 Å². The monoisotopic (exact) mass is 192 g/mol. The summed E-state index contributed by atoms with van der Waals surface area (Å²) in [7, 11) is 0. The summed E-state index contributed by atoms with van der Waals surface area (Å²) in [6, 6.07) is 8.87. The van der Waals surface area contributed by atoms with Gasteiger partial charge in [-0.15, -0.1) is 0 Å². The first kappa shape index (κ1) is 10.7. The molecule has 3 nitrogen and oxygen atoms in total. The Morgan fingerprint density at radius 1 is 1.29 bits per heavy atom. The summed E-state index contributed by atoms with van der Waals surface area (Å²) in [4.78, 5) is 9.22. The molecule has 0 saturated heterocycles. The van der Waals surface area contributed by atoms with Gasteiger partial charge in [0.1, 0.15) is 0 Å². The van der Waals surface area contributed by atoms with Crippen LogP contribution in [0.25, 0.3) is 0 Å². The molecule has 2 rings (SSSR count). The van der Waals surface area contributed by atoms with E-state index in [1.165, 1.54) is 18.1 Å². The number of carbonyl (C=O) groups excluding carboxylic acids is 1. The lowest BCUT2D eigenvalue weighted by Gasteiger charge is -1.94. The third kappa shape index (κ3) is 3.18. The van der Waals surface area contributed by atoms with E-state index in [2.05, 4.69) is 30.0 Å². The van der Waals surface area contributed by atoms with Gasteiger partial charge in [0.15, 0.2) is 0 Å². The van der Waals surface area contributed by atoms with Crippen molar-refractivity contribution in [3.05, 3.63) is 35.4 Å². The van der Waals surface area contributed by atoms with Gasteiger partial charge in [-0.25, -0.2) is 0 Å². The Balaban J connectivity index is 0.000000213. The first-order valence-electron chi connectivity index (χ1n) is 4.68. The zero-order chi connectivity index (χ0) is 10.6. The van der Waals surface area contributed by atoms with Crippen LogP contribution >= 0.6 is 0 Å². The highest BCUT2D eigenvalue weighted by molar-refractivity contribution is 5.70. The molecule has 0 heterocycles. The van der Waals surface area contributed by atoms with Gasteiger partial charge in [0.25, 0.3) is 0 Å². The molecule has 0 aliphatic heterocycles. The van der Waals surface area contributed by atoms with Crippen LogP contribution in [0.3, 0.4) is 0 Å². The fraction of sp³-hybridized carbons (Fsp3) is 0.364. The van der Waals surface area contributed by atoms with Crippen LogP contribution < -0.4 is 11.5 Å². The SMILES string of the molecule is CC(N)=O.NC1Cc2ccccc2C1. The topological polar surface area (TPSA) is 69.1 Å². The first-order chi connectivity index (χ1) is 6.59. The molecule has 14 heavy (non-hydrogen) atoms. The van der Waals surface area contributed by atoms with Crippen LogP contribution in [0.1, 0.15) is 18.1 Å². The van der Waals surface area contributed by atoms with Crippen molar-refractivity contribution >= 4 is 5.91 Å². The maximum absolute atomic E-state index is 9.22. The number of nitrogens with two attached hydrogens (primary N) is 2. The van der Waals surface area contributed by atoms with Crippen molar-refractivity contribution in [1.82, 2.24) is 0 Å². The largest absolute Gasteiger partial charge is 0.370 e. The molecule has 0 unspecified atom stereocenters. The standard InChI is InChI=1S/C9H11N.C2H5NO/c10-9-5-7-3-1-2-4-8(7)6-9;1-2(3)4/h1-4,9H,5-6,10H2;1H3,(H2,3,4). The summed E-state index contributed by atoms with van der Waals surface area (Å²) in [5.74, 6) is -0.333. The Hall–Kier alpha value is -1.35. The average Bonchev–Trinajstić information content (AvgIpc) is 2.42. The molecule has 0 atom stereocenters.